The molecule has 1 heterocycles. The van der Waals surface area contributed by atoms with E-state index in [9.17, 15) is 18.0 Å². The van der Waals surface area contributed by atoms with E-state index in [0.717, 1.165) is 0 Å². The van der Waals surface area contributed by atoms with Gasteiger partial charge < -0.3 is 5.11 Å². The molecule has 0 saturated heterocycles. The molecule has 3 nitrogen and oxygen atoms in total. The van der Waals surface area contributed by atoms with Crippen molar-refractivity contribution in [3.63, 3.8) is 0 Å². The molecule has 0 amide bonds. The van der Waals surface area contributed by atoms with Gasteiger partial charge in [-0.3, -0.25) is 4.98 Å². The quantitative estimate of drug-likeness (QED) is 0.776. The third-order valence-corrected chi connectivity index (χ3v) is 1.33. The summed E-state index contributed by atoms with van der Waals surface area (Å²) in [5.74, 6) is -2.75. The fourth-order valence-corrected chi connectivity index (χ4v) is 0.722. The Morgan fingerprint density at radius 2 is 2.15 bits per heavy atom. The molecular formula is C7H4F3NO2. The number of hydrogen-bond acceptors (Lipinski definition) is 2. The molecule has 70 valence electrons. The molecule has 0 unspecified atom stereocenters. The zero-order valence-electron chi connectivity index (χ0n) is 6.17. The van der Waals surface area contributed by atoms with Crippen LogP contribution in [0.15, 0.2) is 12.3 Å². The highest BCUT2D eigenvalue weighted by Gasteiger charge is 2.15. The van der Waals surface area contributed by atoms with E-state index >= 15 is 0 Å². The third-order valence-electron chi connectivity index (χ3n) is 1.33. The zero-order valence-corrected chi connectivity index (χ0v) is 6.17. The summed E-state index contributed by atoms with van der Waals surface area (Å²) in [5.41, 5.74) is -1.49. The van der Waals surface area contributed by atoms with Gasteiger partial charge >= 0.3 is 5.97 Å². The molecule has 0 spiro atoms. The number of carboxylic acids is 1. The molecule has 1 aromatic heterocycles. The van der Waals surface area contributed by atoms with Gasteiger partial charge in [0.25, 0.3) is 6.43 Å². The topological polar surface area (TPSA) is 50.2 Å². The lowest BCUT2D eigenvalue weighted by Crippen LogP contribution is -2.03. The minimum Gasteiger partial charge on any atom is -0.478 e. The summed E-state index contributed by atoms with van der Waals surface area (Å²) in [7, 11) is 0. The molecule has 0 radical (unpaired) electrons. The van der Waals surface area contributed by atoms with Crippen LogP contribution in [0.5, 0.6) is 0 Å². The van der Waals surface area contributed by atoms with Crippen molar-refractivity contribution >= 4 is 5.97 Å². The number of alkyl halides is 2. The number of nitrogens with zero attached hydrogens (tertiary/aromatic N) is 1. The van der Waals surface area contributed by atoms with Crippen LogP contribution >= 0.6 is 0 Å². The Hall–Kier alpha value is -1.59. The summed E-state index contributed by atoms with van der Waals surface area (Å²) in [6, 6.07) is 0.411. The van der Waals surface area contributed by atoms with Crippen LogP contribution in [0.2, 0.25) is 0 Å². The summed E-state index contributed by atoms with van der Waals surface area (Å²) in [6.45, 7) is 0. The molecule has 0 atom stereocenters. The first-order chi connectivity index (χ1) is 6.02. The smallest absolute Gasteiger partial charge is 0.340 e. The molecule has 0 bridgehead atoms. The SMILES string of the molecule is O=C(O)c1cnc(C(F)F)cc1F. The maximum Gasteiger partial charge on any atom is 0.340 e. The zero-order chi connectivity index (χ0) is 10.0. The van der Waals surface area contributed by atoms with Gasteiger partial charge in [0.2, 0.25) is 0 Å². The van der Waals surface area contributed by atoms with Crippen LogP contribution in [-0.2, 0) is 0 Å². The van der Waals surface area contributed by atoms with Gasteiger partial charge in [0.1, 0.15) is 17.1 Å². The fourth-order valence-electron chi connectivity index (χ4n) is 0.722. The molecule has 0 aromatic carbocycles. The maximum atomic E-state index is 12.7. The van der Waals surface area contributed by atoms with Crippen molar-refractivity contribution in [2.45, 2.75) is 6.43 Å². The van der Waals surface area contributed by atoms with E-state index in [1.165, 1.54) is 0 Å². The fraction of sp³-hybridized carbons (Fsp3) is 0.143. The van der Waals surface area contributed by atoms with Crippen LogP contribution in [0.25, 0.3) is 0 Å². The highest BCUT2D eigenvalue weighted by Crippen LogP contribution is 2.18. The van der Waals surface area contributed by atoms with E-state index < -0.39 is 29.5 Å². The molecule has 1 rings (SSSR count). The molecule has 1 aromatic rings. The first kappa shape index (κ1) is 9.50. The van der Waals surface area contributed by atoms with Crippen LogP contribution in [-0.4, -0.2) is 16.1 Å². The summed E-state index contributed by atoms with van der Waals surface area (Å²) < 4.78 is 36.5. The van der Waals surface area contributed by atoms with Crippen LogP contribution in [0.3, 0.4) is 0 Å². The number of aromatic carboxylic acids is 1. The largest absolute Gasteiger partial charge is 0.478 e. The Kier molecular flexibility index (Phi) is 2.50. The normalized spacial score (nSPS) is 10.5. The van der Waals surface area contributed by atoms with E-state index in [4.69, 9.17) is 5.11 Å². The van der Waals surface area contributed by atoms with Crippen molar-refractivity contribution in [1.29, 1.82) is 0 Å². The lowest BCUT2D eigenvalue weighted by Gasteiger charge is -2.00. The second kappa shape index (κ2) is 3.42. The first-order valence-corrected chi connectivity index (χ1v) is 3.19. The van der Waals surface area contributed by atoms with Gasteiger partial charge in [-0.1, -0.05) is 0 Å². The second-order valence-electron chi connectivity index (χ2n) is 2.19. The summed E-state index contributed by atoms with van der Waals surface area (Å²) in [5, 5.41) is 8.33. The molecular weight excluding hydrogens is 187 g/mol. The van der Waals surface area contributed by atoms with E-state index in [0.29, 0.717) is 12.3 Å². The summed E-state index contributed by atoms with van der Waals surface area (Å²) in [6.07, 6.45) is -2.34. The highest BCUT2D eigenvalue weighted by molar-refractivity contribution is 5.87. The van der Waals surface area contributed by atoms with Gasteiger partial charge in [0.05, 0.1) is 0 Å². The van der Waals surface area contributed by atoms with Gasteiger partial charge in [-0.05, 0) is 0 Å². The molecule has 13 heavy (non-hydrogen) atoms. The molecule has 0 aliphatic rings. The van der Waals surface area contributed by atoms with Gasteiger partial charge in [-0.2, -0.15) is 0 Å². The Morgan fingerprint density at radius 3 is 2.54 bits per heavy atom. The maximum absolute atomic E-state index is 12.7. The number of carboxylic acid groups (broad SMARTS) is 1. The summed E-state index contributed by atoms with van der Waals surface area (Å²) in [4.78, 5) is 13.3. The standard InChI is InChI=1S/C7H4F3NO2/c8-4-1-5(6(9)10)11-2-3(4)7(12)13/h1-2,6H,(H,12,13). The van der Waals surface area contributed by atoms with E-state index in [1.807, 2.05) is 0 Å². The number of carbonyl (C=O) groups is 1. The highest BCUT2D eigenvalue weighted by atomic mass is 19.3. The van der Waals surface area contributed by atoms with Crippen molar-refractivity contribution in [3.05, 3.63) is 29.3 Å². The van der Waals surface area contributed by atoms with E-state index in [2.05, 4.69) is 4.98 Å². The lowest BCUT2D eigenvalue weighted by molar-refractivity contribution is 0.0690. The van der Waals surface area contributed by atoms with Crippen LogP contribution in [0, 0.1) is 5.82 Å². The average molecular weight is 191 g/mol. The van der Waals surface area contributed by atoms with Crippen LogP contribution < -0.4 is 0 Å². The van der Waals surface area contributed by atoms with Crippen molar-refractivity contribution in [1.82, 2.24) is 4.98 Å². The Bertz CT molecular complexity index is 341. The lowest BCUT2D eigenvalue weighted by atomic mass is 10.2. The van der Waals surface area contributed by atoms with Crippen LogP contribution in [0.1, 0.15) is 22.5 Å². The monoisotopic (exact) mass is 191 g/mol. The molecule has 0 aliphatic carbocycles. The molecule has 1 N–H and O–H groups in total. The van der Waals surface area contributed by atoms with Gasteiger partial charge in [-0.25, -0.2) is 18.0 Å². The number of hydrogen-bond donors (Lipinski definition) is 1. The van der Waals surface area contributed by atoms with Crippen LogP contribution in [0.4, 0.5) is 13.2 Å². The Balaban J connectivity index is 3.13. The molecule has 6 heteroatoms. The number of pyridine rings is 1. The van der Waals surface area contributed by atoms with Crippen molar-refractivity contribution < 1.29 is 23.1 Å². The van der Waals surface area contributed by atoms with E-state index in [1.54, 1.807) is 0 Å². The van der Waals surface area contributed by atoms with E-state index in [-0.39, 0.29) is 0 Å². The summed E-state index contributed by atoms with van der Waals surface area (Å²) >= 11 is 0. The third kappa shape index (κ3) is 1.95. The van der Waals surface area contributed by atoms with Gasteiger partial charge in [-0.15, -0.1) is 0 Å². The second-order valence-corrected chi connectivity index (χ2v) is 2.19. The predicted molar refractivity (Wildman–Crippen MR) is 36.1 cm³/mol. The molecule has 0 aliphatic heterocycles. The van der Waals surface area contributed by atoms with Gasteiger partial charge in [0.15, 0.2) is 0 Å². The average Bonchev–Trinajstić information content (AvgIpc) is 2.03. The minimum absolute atomic E-state index is 0.411. The predicted octanol–water partition coefficient (Wildman–Crippen LogP) is 1.86. The molecule has 0 saturated carbocycles. The van der Waals surface area contributed by atoms with Crippen molar-refractivity contribution in [2.24, 2.45) is 0 Å². The Labute approximate surface area is 70.8 Å². The van der Waals surface area contributed by atoms with Crippen molar-refractivity contribution in [2.75, 3.05) is 0 Å². The number of halogens is 3. The first-order valence-electron chi connectivity index (χ1n) is 3.19. The van der Waals surface area contributed by atoms with Crippen molar-refractivity contribution in [3.8, 4) is 0 Å². The minimum atomic E-state index is -2.91. The number of rotatable bonds is 2. The number of aromatic nitrogens is 1. The Morgan fingerprint density at radius 1 is 1.54 bits per heavy atom. The molecule has 0 fully saturated rings. The van der Waals surface area contributed by atoms with Gasteiger partial charge in [0, 0.05) is 12.3 Å².